The number of fused-ring (bicyclic) bond motifs is 1. The Morgan fingerprint density at radius 3 is 2.46 bits per heavy atom. The summed E-state index contributed by atoms with van der Waals surface area (Å²) in [7, 11) is 0. The lowest BCUT2D eigenvalue weighted by Gasteiger charge is -2.50. The predicted octanol–water partition coefficient (Wildman–Crippen LogP) is 2.80. The van der Waals surface area contributed by atoms with Crippen LogP contribution in [0.3, 0.4) is 0 Å². The molecular weight excluding hydrogens is 356 g/mol. The summed E-state index contributed by atoms with van der Waals surface area (Å²) >= 11 is 0. The number of ether oxygens (including phenoxy) is 1. The smallest absolute Gasteiger partial charge is 0.409 e. The Kier molecular flexibility index (Phi) is 5.72. The molecule has 1 aliphatic carbocycles. The summed E-state index contributed by atoms with van der Waals surface area (Å²) in [6, 6.07) is 1.35. The zero-order valence-electron chi connectivity index (χ0n) is 17.5. The van der Waals surface area contributed by atoms with Crippen LogP contribution in [0.4, 0.5) is 9.59 Å². The Balaban J connectivity index is 1.31. The first-order chi connectivity index (χ1) is 13.5. The van der Waals surface area contributed by atoms with Crippen molar-refractivity contribution in [3.8, 4) is 0 Å². The van der Waals surface area contributed by atoms with Gasteiger partial charge >= 0.3 is 12.1 Å². The van der Waals surface area contributed by atoms with Gasteiger partial charge in [0, 0.05) is 37.8 Å². The predicted molar refractivity (Wildman–Crippen MR) is 107 cm³/mol. The molecule has 1 N–H and O–H groups in total. The number of nitrogens with one attached hydrogen (secondary N) is 1. The molecule has 0 aromatic heterocycles. The van der Waals surface area contributed by atoms with Crippen LogP contribution in [0.25, 0.3) is 0 Å². The second kappa shape index (κ2) is 8.09. The van der Waals surface area contributed by atoms with Gasteiger partial charge in [-0.1, -0.05) is 12.8 Å². The van der Waals surface area contributed by atoms with Crippen LogP contribution in [0.1, 0.15) is 65.2 Å². The number of rotatable bonds is 3. The maximum absolute atomic E-state index is 12.6. The van der Waals surface area contributed by atoms with Gasteiger partial charge in [0.15, 0.2) is 0 Å². The Morgan fingerprint density at radius 2 is 1.79 bits per heavy atom. The van der Waals surface area contributed by atoms with E-state index in [2.05, 4.69) is 22.0 Å². The molecule has 4 aliphatic rings. The Hall–Kier alpha value is -1.50. The molecule has 0 aromatic rings. The number of carbonyl (C=O) groups excluding carboxylic acids is 2. The summed E-state index contributed by atoms with van der Waals surface area (Å²) in [5.41, 5.74) is 0.147. The van der Waals surface area contributed by atoms with E-state index in [9.17, 15) is 9.59 Å². The highest BCUT2D eigenvalue weighted by Crippen LogP contribution is 2.35. The van der Waals surface area contributed by atoms with Crippen molar-refractivity contribution < 1.29 is 14.3 Å². The molecule has 0 unspecified atom stereocenters. The molecule has 0 spiro atoms. The molecule has 4 rings (SSSR count). The highest BCUT2D eigenvalue weighted by atomic mass is 16.6. The third kappa shape index (κ3) is 3.70. The standard InChI is InChI=1S/C21H36N4O3/c1-3-28-20(27)23-14-10-21(2,11-15-23)24-12-8-16(9-13-24)25-18-7-5-4-6-17(18)22-19(25)26/h16-18H,3-15H2,1-2H3,(H,22,26)/t17-,18+/m0/s1. The molecule has 0 bridgehead atoms. The van der Waals surface area contributed by atoms with E-state index in [1.165, 1.54) is 12.8 Å². The zero-order valence-corrected chi connectivity index (χ0v) is 17.5. The van der Waals surface area contributed by atoms with E-state index in [1.807, 2.05) is 11.8 Å². The summed E-state index contributed by atoms with van der Waals surface area (Å²) < 4.78 is 5.15. The topological polar surface area (TPSA) is 65.1 Å². The fourth-order valence-corrected chi connectivity index (χ4v) is 5.82. The number of urea groups is 1. The van der Waals surface area contributed by atoms with Crippen LogP contribution in [0.2, 0.25) is 0 Å². The second-order valence-corrected chi connectivity index (χ2v) is 9.22. The van der Waals surface area contributed by atoms with Crippen LogP contribution < -0.4 is 5.32 Å². The molecule has 4 fully saturated rings. The number of hydrogen-bond donors (Lipinski definition) is 1. The minimum atomic E-state index is -0.176. The summed E-state index contributed by atoms with van der Waals surface area (Å²) in [6.07, 6.45) is 8.73. The van der Waals surface area contributed by atoms with E-state index < -0.39 is 0 Å². The quantitative estimate of drug-likeness (QED) is 0.802. The maximum atomic E-state index is 12.6. The van der Waals surface area contributed by atoms with Gasteiger partial charge in [-0.05, 0) is 52.4 Å². The average Bonchev–Trinajstić information content (AvgIpc) is 3.04. The Morgan fingerprint density at radius 1 is 1.11 bits per heavy atom. The van der Waals surface area contributed by atoms with Crippen molar-refractivity contribution in [2.45, 2.75) is 88.9 Å². The Bertz CT molecular complexity index is 582. The van der Waals surface area contributed by atoms with Crippen LogP contribution in [0, 0.1) is 0 Å². The highest BCUT2D eigenvalue weighted by molar-refractivity contribution is 5.78. The van der Waals surface area contributed by atoms with E-state index in [-0.39, 0.29) is 17.7 Å². The van der Waals surface area contributed by atoms with E-state index in [1.54, 1.807) is 0 Å². The normalized spacial score (nSPS) is 31.4. The molecule has 7 heteroatoms. The van der Waals surface area contributed by atoms with Crippen LogP contribution in [-0.4, -0.2) is 83.3 Å². The molecule has 3 heterocycles. The molecule has 0 aromatic carbocycles. The van der Waals surface area contributed by atoms with Crippen molar-refractivity contribution in [2.75, 3.05) is 32.8 Å². The molecule has 3 amide bonds. The minimum Gasteiger partial charge on any atom is -0.450 e. The van der Waals surface area contributed by atoms with Gasteiger partial charge in [0.05, 0.1) is 18.7 Å². The van der Waals surface area contributed by atoms with E-state index in [0.29, 0.717) is 24.7 Å². The van der Waals surface area contributed by atoms with Crippen molar-refractivity contribution in [3.63, 3.8) is 0 Å². The van der Waals surface area contributed by atoms with E-state index in [4.69, 9.17) is 4.74 Å². The third-order valence-electron chi connectivity index (χ3n) is 7.62. The third-order valence-corrected chi connectivity index (χ3v) is 7.62. The summed E-state index contributed by atoms with van der Waals surface area (Å²) in [4.78, 5) is 31.2. The van der Waals surface area contributed by atoms with Crippen molar-refractivity contribution in [2.24, 2.45) is 0 Å². The summed E-state index contributed by atoms with van der Waals surface area (Å²) in [5.74, 6) is 0. The molecule has 3 aliphatic heterocycles. The lowest BCUT2D eigenvalue weighted by Crippen LogP contribution is -2.58. The van der Waals surface area contributed by atoms with Crippen LogP contribution in [0.15, 0.2) is 0 Å². The number of hydrogen-bond acceptors (Lipinski definition) is 4. The van der Waals surface area contributed by atoms with Gasteiger partial charge in [-0.2, -0.15) is 0 Å². The number of likely N-dealkylation sites (tertiary alicyclic amines) is 2. The first-order valence-electron chi connectivity index (χ1n) is 11.3. The van der Waals surface area contributed by atoms with Crippen molar-refractivity contribution >= 4 is 12.1 Å². The molecule has 1 saturated carbocycles. The fraction of sp³-hybridized carbons (Fsp3) is 0.905. The molecular formula is C21H36N4O3. The number of nitrogens with zero attached hydrogens (tertiary/aromatic N) is 3. The minimum absolute atomic E-state index is 0.147. The zero-order chi connectivity index (χ0) is 19.7. The summed E-state index contributed by atoms with van der Waals surface area (Å²) in [5, 5.41) is 3.24. The second-order valence-electron chi connectivity index (χ2n) is 9.22. The molecule has 2 atom stereocenters. The first kappa shape index (κ1) is 19.8. The van der Waals surface area contributed by atoms with Crippen molar-refractivity contribution in [1.82, 2.24) is 20.0 Å². The van der Waals surface area contributed by atoms with Gasteiger partial charge in [-0.25, -0.2) is 9.59 Å². The summed E-state index contributed by atoms with van der Waals surface area (Å²) in [6.45, 7) is 8.26. The van der Waals surface area contributed by atoms with Gasteiger partial charge in [-0.15, -0.1) is 0 Å². The van der Waals surface area contributed by atoms with Crippen molar-refractivity contribution in [3.05, 3.63) is 0 Å². The lowest BCUT2D eigenvalue weighted by atomic mass is 9.85. The van der Waals surface area contributed by atoms with E-state index in [0.717, 1.165) is 64.7 Å². The molecule has 7 nitrogen and oxygen atoms in total. The fourth-order valence-electron chi connectivity index (χ4n) is 5.82. The number of carbonyl (C=O) groups is 2. The average molecular weight is 393 g/mol. The largest absolute Gasteiger partial charge is 0.450 e. The SMILES string of the molecule is CCOC(=O)N1CCC(C)(N2CCC(N3C(=O)N[C@H]4CCCC[C@H]43)CC2)CC1. The maximum Gasteiger partial charge on any atom is 0.409 e. The van der Waals surface area contributed by atoms with Gasteiger partial charge in [0.1, 0.15) is 0 Å². The van der Waals surface area contributed by atoms with Crippen molar-refractivity contribution in [1.29, 1.82) is 0 Å². The monoisotopic (exact) mass is 392 g/mol. The lowest BCUT2D eigenvalue weighted by molar-refractivity contribution is 0.00124. The van der Waals surface area contributed by atoms with Gasteiger partial charge < -0.3 is 19.9 Å². The van der Waals surface area contributed by atoms with Crippen LogP contribution >= 0.6 is 0 Å². The highest BCUT2D eigenvalue weighted by Gasteiger charge is 2.46. The molecule has 28 heavy (non-hydrogen) atoms. The molecule has 158 valence electrons. The van der Waals surface area contributed by atoms with Crippen LogP contribution in [-0.2, 0) is 4.74 Å². The first-order valence-corrected chi connectivity index (χ1v) is 11.3. The molecule has 3 saturated heterocycles. The van der Waals surface area contributed by atoms with Crippen LogP contribution in [0.5, 0.6) is 0 Å². The number of amides is 3. The van der Waals surface area contributed by atoms with Gasteiger partial charge in [0.25, 0.3) is 0 Å². The van der Waals surface area contributed by atoms with E-state index >= 15 is 0 Å². The van der Waals surface area contributed by atoms with Gasteiger partial charge in [-0.3, -0.25) is 4.90 Å². The number of piperidine rings is 2. The van der Waals surface area contributed by atoms with Gasteiger partial charge in [0.2, 0.25) is 0 Å². The molecule has 0 radical (unpaired) electrons. The Labute approximate surface area is 168 Å².